The molecular formula is C17H27N3. The zero-order valence-corrected chi connectivity index (χ0v) is 12.8. The molecule has 4 saturated carbocycles. The average molecular weight is 273 g/mol. The van der Waals surface area contributed by atoms with Crippen LogP contribution in [0.5, 0.6) is 0 Å². The van der Waals surface area contributed by atoms with Gasteiger partial charge in [-0.2, -0.15) is 5.10 Å². The van der Waals surface area contributed by atoms with Crippen LogP contribution in [0.25, 0.3) is 0 Å². The smallest absolute Gasteiger partial charge is 0.0626 e. The fourth-order valence-electron chi connectivity index (χ4n) is 5.51. The summed E-state index contributed by atoms with van der Waals surface area (Å²) in [6.45, 7) is 3.23. The van der Waals surface area contributed by atoms with Gasteiger partial charge in [-0.15, -0.1) is 0 Å². The number of aromatic nitrogens is 2. The molecule has 4 fully saturated rings. The number of hydrogen-bond donors (Lipinski definition) is 1. The summed E-state index contributed by atoms with van der Waals surface area (Å²) in [6.07, 6.45) is 10.9. The van der Waals surface area contributed by atoms with Crippen molar-refractivity contribution in [1.82, 2.24) is 15.1 Å². The second-order valence-electron chi connectivity index (χ2n) is 7.49. The number of nitrogens with one attached hydrogen (secondary N) is 1. The molecule has 1 N–H and O–H groups in total. The van der Waals surface area contributed by atoms with Crippen molar-refractivity contribution in [1.29, 1.82) is 0 Å². The van der Waals surface area contributed by atoms with Gasteiger partial charge in [-0.1, -0.05) is 0 Å². The Morgan fingerprint density at radius 2 is 1.80 bits per heavy atom. The van der Waals surface area contributed by atoms with Crippen molar-refractivity contribution in [3.05, 3.63) is 17.5 Å². The number of hydrogen-bond acceptors (Lipinski definition) is 2. The number of likely N-dealkylation sites (N-methyl/N-ethyl adjacent to an activating group) is 1. The molecule has 20 heavy (non-hydrogen) atoms. The van der Waals surface area contributed by atoms with Gasteiger partial charge in [0.05, 0.1) is 11.7 Å². The lowest BCUT2D eigenvalue weighted by Crippen LogP contribution is -2.46. The van der Waals surface area contributed by atoms with Crippen LogP contribution < -0.4 is 5.32 Å². The third kappa shape index (κ3) is 2.02. The monoisotopic (exact) mass is 273 g/mol. The minimum absolute atomic E-state index is 0.713. The maximum atomic E-state index is 4.90. The van der Waals surface area contributed by atoms with Gasteiger partial charge in [0.25, 0.3) is 0 Å². The zero-order chi connectivity index (χ0) is 13.7. The van der Waals surface area contributed by atoms with Crippen molar-refractivity contribution >= 4 is 0 Å². The summed E-state index contributed by atoms with van der Waals surface area (Å²) >= 11 is 0. The number of nitrogens with zero attached hydrogens (tertiary/aromatic N) is 2. The van der Waals surface area contributed by atoms with Gasteiger partial charge in [-0.3, -0.25) is 4.68 Å². The summed E-state index contributed by atoms with van der Waals surface area (Å²) in [5, 5.41) is 8.15. The van der Waals surface area contributed by atoms with Gasteiger partial charge < -0.3 is 5.32 Å². The quantitative estimate of drug-likeness (QED) is 0.914. The maximum Gasteiger partial charge on any atom is 0.0626 e. The fraction of sp³-hybridized carbons (Fsp3) is 0.824. The van der Waals surface area contributed by atoms with E-state index in [-0.39, 0.29) is 0 Å². The SMILES string of the molecule is CNCCc1cn(C2C3CC4CC(C3)CC2C4)nc1C. The van der Waals surface area contributed by atoms with E-state index < -0.39 is 0 Å². The summed E-state index contributed by atoms with van der Waals surface area (Å²) in [5.41, 5.74) is 2.68. The van der Waals surface area contributed by atoms with Gasteiger partial charge in [0.2, 0.25) is 0 Å². The molecule has 3 heteroatoms. The number of aryl methyl sites for hydroxylation is 1. The van der Waals surface area contributed by atoms with Crippen LogP contribution in [0.1, 0.15) is 49.4 Å². The Kier molecular flexibility index (Phi) is 3.13. The van der Waals surface area contributed by atoms with Crippen LogP contribution in [0.15, 0.2) is 6.20 Å². The van der Waals surface area contributed by atoms with Gasteiger partial charge in [-0.25, -0.2) is 0 Å². The molecule has 1 heterocycles. The van der Waals surface area contributed by atoms with Crippen LogP contribution in [0.3, 0.4) is 0 Å². The normalized spacial score (nSPS) is 38.6. The van der Waals surface area contributed by atoms with Gasteiger partial charge >= 0.3 is 0 Å². The molecule has 0 unspecified atom stereocenters. The minimum atomic E-state index is 0.713. The maximum absolute atomic E-state index is 4.90. The molecule has 0 atom stereocenters. The number of rotatable bonds is 4. The van der Waals surface area contributed by atoms with E-state index in [1.807, 2.05) is 7.05 Å². The summed E-state index contributed by atoms with van der Waals surface area (Å²) in [6, 6.07) is 0.713. The zero-order valence-electron chi connectivity index (χ0n) is 12.8. The minimum Gasteiger partial charge on any atom is -0.319 e. The van der Waals surface area contributed by atoms with Crippen molar-refractivity contribution in [2.75, 3.05) is 13.6 Å². The average Bonchev–Trinajstić information content (AvgIpc) is 2.76. The summed E-state index contributed by atoms with van der Waals surface area (Å²) < 4.78 is 2.37. The topological polar surface area (TPSA) is 29.9 Å². The van der Waals surface area contributed by atoms with Crippen molar-refractivity contribution in [3.8, 4) is 0 Å². The predicted molar refractivity (Wildman–Crippen MR) is 80.7 cm³/mol. The molecule has 0 aliphatic heterocycles. The summed E-state index contributed by atoms with van der Waals surface area (Å²) in [7, 11) is 2.03. The molecule has 4 bridgehead atoms. The van der Waals surface area contributed by atoms with Crippen molar-refractivity contribution < 1.29 is 0 Å². The Morgan fingerprint density at radius 3 is 2.40 bits per heavy atom. The lowest BCUT2D eigenvalue weighted by molar-refractivity contribution is -0.0337. The molecule has 3 nitrogen and oxygen atoms in total. The third-order valence-corrected chi connectivity index (χ3v) is 6.15. The molecule has 0 amide bonds. The van der Waals surface area contributed by atoms with E-state index in [4.69, 9.17) is 5.10 Å². The van der Waals surface area contributed by atoms with Crippen molar-refractivity contribution in [2.45, 2.75) is 51.5 Å². The molecule has 110 valence electrons. The Labute approximate surface area is 122 Å². The fourth-order valence-corrected chi connectivity index (χ4v) is 5.51. The first-order valence-corrected chi connectivity index (χ1v) is 8.43. The first-order chi connectivity index (χ1) is 9.74. The Bertz CT molecular complexity index is 462. The standard InChI is InChI=1S/C17H27N3/c1-11-14(3-4-18-2)10-20(19-11)17-15-6-12-5-13(8-15)9-16(17)7-12/h10,12-13,15-18H,3-9H2,1-2H3. The highest BCUT2D eigenvalue weighted by molar-refractivity contribution is 5.17. The highest BCUT2D eigenvalue weighted by Crippen LogP contribution is 2.58. The van der Waals surface area contributed by atoms with E-state index >= 15 is 0 Å². The van der Waals surface area contributed by atoms with E-state index in [0.29, 0.717) is 6.04 Å². The van der Waals surface area contributed by atoms with Crippen LogP contribution in [0, 0.1) is 30.6 Å². The van der Waals surface area contributed by atoms with E-state index in [2.05, 4.69) is 23.1 Å². The lowest BCUT2D eigenvalue weighted by Gasteiger charge is -2.54. The largest absolute Gasteiger partial charge is 0.319 e. The summed E-state index contributed by atoms with van der Waals surface area (Å²) in [5.74, 6) is 3.94. The third-order valence-electron chi connectivity index (χ3n) is 6.15. The molecule has 0 saturated heterocycles. The molecule has 4 aliphatic carbocycles. The molecule has 1 aromatic rings. The molecule has 4 aliphatic rings. The van der Waals surface area contributed by atoms with Crippen LogP contribution in [-0.4, -0.2) is 23.4 Å². The van der Waals surface area contributed by atoms with Crippen LogP contribution in [0.4, 0.5) is 0 Å². The van der Waals surface area contributed by atoms with Gasteiger partial charge in [-0.05, 0) is 88.3 Å². The van der Waals surface area contributed by atoms with Crippen LogP contribution in [0.2, 0.25) is 0 Å². The van der Waals surface area contributed by atoms with Crippen LogP contribution >= 0.6 is 0 Å². The Balaban J connectivity index is 1.58. The second kappa shape index (κ2) is 4.87. The molecule has 5 rings (SSSR count). The molecule has 1 aromatic heterocycles. The van der Waals surface area contributed by atoms with Gasteiger partial charge in [0.15, 0.2) is 0 Å². The second-order valence-corrected chi connectivity index (χ2v) is 7.49. The van der Waals surface area contributed by atoms with E-state index in [1.54, 1.807) is 0 Å². The van der Waals surface area contributed by atoms with E-state index in [0.717, 1.165) is 36.6 Å². The first-order valence-electron chi connectivity index (χ1n) is 8.43. The Hall–Kier alpha value is -0.830. The van der Waals surface area contributed by atoms with Gasteiger partial charge in [0.1, 0.15) is 0 Å². The van der Waals surface area contributed by atoms with E-state index in [1.165, 1.54) is 43.4 Å². The van der Waals surface area contributed by atoms with Crippen molar-refractivity contribution in [3.63, 3.8) is 0 Å². The van der Waals surface area contributed by atoms with Crippen LogP contribution in [-0.2, 0) is 6.42 Å². The van der Waals surface area contributed by atoms with E-state index in [9.17, 15) is 0 Å². The predicted octanol–water partition coefficient (Wildman–Crippen LogP) is 2.95. The molecule has 0 radical (unpaired) electrons. The summed E-state index contributed by atoms with van der Waals surface area (Å²) in [4.78, 5) is 0. The molecule has 0 spiro atoms. The Morgan fingerprint density at radius 1 is 1.15 bits per heavy atom. The molecular weight excluding hydrogens is 246 g/mol. The highest BCUT2D eigenvalue weighted by Gasteiger charge is 2.49. The highest BCUT2D eigenvalue weighted by atomic mass is 15.3. The molecule has 0 aromatic carbocycles. The van der Waals surface area contributed by atoms with Gasteiger partial charge in [0, 0.05) is 6.20 Å². The van der Waals surface area contributed by atoms with Crippen molar-refractivity contribution in [2.24, 2.45) is 23.7 Å². The lowest BCUT2D eigenvalue weighted by atomic mass is 9.54. The first kappa shape index (κ1) is 12.9.